The molecule has 0 aliphatic carbocycles. The summed E-state index contributed by atoms with van der Waals surface area (Å²) in [4.78, 5) is 34.3. The van der Waals surface area contributed by atoms with Gasteiger partial charge in [-0.25, -0.2) is 10.4 Å². The second-order valence-corrected chi connectivity index (χ2v) is 3.68. The van der Waals surface area contributed by atoms with Crippen LogP contribution < -0.4 is 5.43 Å². The average Bonchev–Trinajstić information content (AvgIpc) is 2.55. The zero-order valence-electron chi connectivity index (χ0n) is 9.01. The third kappa shape index (κ3) is 1.78. The zero-order chi connectivity index (χ0) is 12.6. The number of hydrogen-bond acceptors (Lipinski definition) is 4. The number of carboxylic acid groups (broad SMARTS) is 1. The Morgan fingerprint density at radius 2 is 1.71 bits per heavy atom. The van der Waals surface area contributed by atoms with Crippen LogP contribution >= 0.6 is 0 Å². The standard InChI is InChI=1S/C11H10N2O4/c1-6(11(16)17)12-13-9(14)7-4-2-3-5-8(7)10(13)15/h2-6,12H,1H3,(H,16,17)/t6-/m0/s1. The lowest BCUT2D eigenvalue weighted by Gasteiger charge is -2.17. The molecule has 2 N–H and O–H groups in total. The monoisotopic (exact) mass is 234 g/mol. The third-order valence-corrected chi connectivity index (χ3v) is 2.49. The summed E-state index contributed by atoms with van der Waals surface area (Å²) in [6.07, 6.45) is 0. The van der Waals surface area contributed by atoms with E-state index in [0.717, 1.165) is 5.01 Å². The molecule has 1 aliphatic heterocycles. The van der Waals surface area contributed by atoms with Gasteiger partial charge in [-0.2, -0.15) is 0 Å². The molecule has 0 unspecified atom stereocenters. The molecular formula is C11H10N2O4. The zero-order valence-corrected chi connectivity index (χ0v) is 9.01. The van der Waals surface area contributed by atoms with E-state index in [1.807, 2.05) is 0 Å². The van der Waals surface area contributed by atoms with Crippen LogP contribution in [0.5, 0.6) is 0 Å². The van der Waals surface area contributed by atoms with Crippen molar-refractivity contribution in [3.8, 4) is 0 Å². The highest BCUT2D eigenvalue weighted by Gasteiger charge is 2.36. The largest absolute Gasteiger partial charge is 0.480 e. The van der Waals surface area contributed by atoms with Crippen LogP contribution in [0.2, 0.25) is 0 Å². The number of aliphatic carboxylic acids is 1. The van der Waals surface area contributed by atoms with Gasteiger partial charge in [0, 0.05) is 0 Å². The highest BCUT2D eigenvalue weighted by atomic mass is 16.4. The molecule has 6 nitrogen and oxygen atoms in total. The number of imide groups is 1. The second kappa shape index (κ2) is 3.99. The summed E-state index contributed by atoms with van der Waals surface area (Å²) in [6, 6.07) is 5.34. The maximum Gasteiger partial charge on any atom is 0.322 e. The van der Waals surface area contributed by atoms with Crippen molar-refractivity contribution >= 4 is 17.8 Å². The number of nitrogens with one attached hydrogen (secondary N) is 1. The molecule has 0 spiro atoms. The van der Waals surface area contributed by atoms with E-state index in [9.17, 15) is 14.4 Å². The van der Waals surface area contributed by atoms with E-state index in [2.05, 4.69) is 5.43 Å². The fourth-order valence-electron chi connectivity index (χ4n) is 1.56. The summed E-state index contributed by atoms with van der Waals surface area (Å²) >= 11 is 0. The van der Waals surface area contributed by atoms with Crippen molar-refractivity contribution in [2.45, 2.75) is 13.0 Å². The number of amides is 2. The average molecular weight is 234 g/mol. The van der Waals surface area contributed by atoms with Crippen molar-refractivity contribution in [3.63, 3.8) is 0 Å². The van der Waals surface area contributed by atoms with Gasteiger partial charge in [0.25, 0.3) is 11.8 Å². The van der Waals surface area contributed by atoms with Gasteiger partial charge in [0.15, 0.2) is 0 Å². The van der Waals surface area contributed by atoms with Crippen LogP contribution in [0.3, 0.4) is 0 Å². The van der Waals surface area contributed by atoms with E-state index in [1.54, 1.807) is 12.1 Å². The van der Waals surface area contributed by atoms with Crippen molar-refractivity contribution in [1.82, 2.24) is 10.4 Å². The van der Waals surface area contributed by atoms with Gasteiger partial charge in [-0.1, -0.05) is 12.1 Å². The number of carbonyl (C=O) groups is 3. The molecule has 2 amide bonds. The molecule has 0 fully saturated rings. The summed E-state index contributed by atoms with van der Waals surface area (Å²) in [5.41, 5.74) is 2.92. The Morgan fingerprint density at radius 1 is 1.24 bits per heavy atom. The number of nitrogens with zero attached hydrogens (tertiary/aromatic N) is 1. The normalized spacial score (nSPS) is 15.9. The molecule has 88 valence electrons. The van der Waals surface area contributed by atoms with Crippen molar-refractivity contribution in [2.75, 3.05) is 0 Å². The SMILES string of the molecule is C[C@H](NN1C(=O)c2ccccc2C1=O)C(=O)O. The van der Waals surface area contributed by atoms with E-state index in [-0.39, 0.29) is 11.1 Å². The van der Waals surface area contributed by atoms with Gasteiger partial charge in [0.05, 0.1) is 11.1 Å². The van der Waals surface area contributed by atoms with Gasteiger partial charge in [-0.15, -0.1) is 0 Å². The van der Waals surface area contributed by atoms with E-state index in [1.165, 1.54) is 19.1 Å². The number of carboxylic acids is 1. The molecule has 6 heteroatoms. The van der Waals surface area contributed by atoms with Gasteiger partial charge >= 0.3 is 5.97 Å². The van der Waals surface area contributed by atoms with Gasteiger partial charge in [0.2, 0.25) is 0 Å². The van der Waals surface area contributed by atoms with Crippen molar-refractivity contribution in [3.05, 3.63) is 35.4 Å². The van der Waals surface area contributed by atoms with Crippen molar-refractivity contribution in [1.29, 1.82) is 0 Å². The lowest BCUT2D eigenvalue weighted by atomic mass is 10.1. The Morgan fingerprint density at radius 3 is 2.12 bits per heavy atom. The van der Waals surface area contributed by atoms with E-state index in [0.29, 0.717) is 0 Å². The molecule has 2 rings (SSSR count). The Bertz CT molecular complexity index is 477. The first-order valence-corrected chi connectivity index (χ1v) is 4.99. The topological polar surface area (TPSA) is 86.7 Å². The molecule has 0 saturated carbocycles. The quantitative estimate of drug-likeness (QED) is 0.732. The highest BCUT2D eigenvalue weighted by Crippen LogP contribution is 2.20. The van der Waals surface area contributed by atoms with Crippen molar-refractivity contribution in [2.24, 2.45) is 0 Å². The molecule has 0 bridgehead atoms. The number of hydrogen-bond donors (Lipinski definition) is 2. The van der Waals surface area contributed by atoms with Gasteiger partial charge in [-0.3, -0.25) is 14.4 Å². The minimum absolute atomic E-state index is 0.280. The van der Waals surface area contributed by atoms with Crippen LogP contribution in [0.4, 0.5) is 0 Å². The third-order valence-electron chi connectivity index (χ3n) is 2.49. The number of hydrazine groups is 1. The lowest BCUT2D eigenvalue weighted by molar-refractivity contribution is -0.139. The molecule has 1 aromatic rings. The number of rotatable bonds is 3. The first kappa shape index (κ1) is 11.3. The fraction of sp³-hybridized carbons (Fsp3) is 0.182. The minimum atomic E-state index is -1.14. The summed E-state index contributed by atoms with van der Waals surface area (Å²) in [6.45, 7) is 1.35. The molecule has 1 atom stereocenters. The van der Waals surface area contributed by atoms with E-state index < -0.39 is 23.8 Å². The molecule has 1 heterocycles. The Labute approximate surface area is 96.8 Å². The predicted molar refractivity (Wildman–Crippen MR) is 57.2 cm³/mol. The number of fused-ring (bicyclic) bond motifs is 1. The smallest absolute Gasteiger partial charge is 0.322 e. The Kier molecular flexibility index (Phi) is 2.64. The van der Waals surface area contributed by atoms with Crippen LogP contribution in [-0.2, 0) is 4.79 Å². The predicted octanol–water partition coefficient (Wildman–Crippen LogP) is 0.260. The first-order valence-electron chi connectivity index (χ1n) is 4.99. The summed E-state index contributed by atoms with van der Waals surface area (Å²) < 4.78 is 0. The number of carbonyl (C=O) groups excluding carboxylic acids is 2. The highest BCUT2D eigenvalue weighted by molar-refractivity contribution is 6.21. The van der Waals surface area contributed by atoms with Gasteiger partial charge < -0.3 is 5.11 Å². The lowest BCUT2D eigenvalue weighted by Crippen LogP contribution is -2.49. The molecule has 0 radical (unpaired) electrons. The molecule has 1 aliphatic rings. The minimum Gasteiger partial charge on any atom is -0.480 e. The van der Waals surface area contributed by atoms with Gasteiger partial charge in [0.1, 0.15) is 6.04 Å². The Balaban J connectivity index is 2.27. The van der Waals surface area contributed by atoms with E-state index >= 15 is 0 Å². The fourth-order valence-corrected chi connectivity index (χ4v) is 1.56. The Hall–Kier alpha value is -2.21. The molecule has 1 aromatic carbocycles. The summed E-state index contributed by atoms with van der Waals surface area (Å²) in [5.74, 6) is -2.20. The van der Waals surface area contributed by atoms with Crippen LogP contribution in [0.25, 0.3) is 0 Å². The van der Waals surface area contributed by atoms with Crippen LogP contribution in [0.1, 0.15) is 27.6 Å². The number of benzene rings is 1. The summed E-state index contributed by atoms with van der Waals surface area (Å²) in [5, 5.41) is 9.46. The second-order valence-electron chi connectivity index (χ2n) is 3.68. The maximum absolute atomic E-state index is 11.8. The van der Waals surface area contributed by atoms with Gasteiger partial charge in [-0.05, 0) is 19.1 Å². The van der Waals surface area contributed by atoms with Crippen LogP contribution in [-0.4, -0.2) is 33.9 Å². The maximum atomic E-state index is 11.8. The molecule has 17 heavy (non-hydrogen) atoms. The molecule has 0 saturated heterocycles. The van der Waals surface area contributed by atoms with Crippen LogP contribution in [0, 0.1) is 0 Å². The van der Waals surface area contributed by atoms with Crippen molar-refractivity contribution < 1.29 is 19.5 Å². The first-order chi connectivity index (χ1) is 8.02. The molecular weight excluding hydrogens is 224 g/mol. The van der Waals surface area contributed by atoms with Crippen LogP contribution in [0.15, 0.2) is 24.3 Å². The van der Waals surface area contributed by atoms with E-state index in [4.69, 9.17) is 5.11 Å². The summed E-state index contributed by atoms with van der Waals surface area (Å²) in [7, 11) is 0. The molecule has 0 aromatic heterocycles.